The molecule has 0 saturated heterocycles. The van der Waals surface area contributed by atoms with Crippen LogP contribution in [0.3, 0.4) is 0 Å². The predicted molar refractivity (Wildman–Crippen MR) is 95.7 cm³/mol. The molecule has 1 N–H and O–H groups in total. The number of likely N-dealkylation sites (N-methyl/N-ethyl adjacent to an activating group) is 1. The second-order valence-electron chi connectivity index (χ2n) is 5.68. The average Bonchev–Trinajstić information content (AvgIpc) is 2.95. The lowest BCUT2D eigenvalue weighted by molar-refractivity contribution is -0.117. The zero-order valence-corrected chi connectivity index (χ0v) is 14.5. The van der Waals surface area contributed by atoms with Crippen molar-refractivity contribution in [2.24, 2.45) is 0 Å². The lowest BCUT2D eigenvalue weighted by Crippen LogP contribution is -2.25. The number of carbonyl (C=O) groups excluding carboxylic acids is 2. The Hall–Kier alpha value is -3.02. The minimum Gasteiger partial charge on any atom is -0.497 e. The molecule has 0 unspecified atom stereocenters. The van der Waals surface area contributed by atoms with E-state index in [0.717, 1.165) is 11.3 Å². The van der Waals surface area contributed by atoms with Gasteiger partial charge < -0.3 is 19.7 Å². The van der Waals surface area contributed by atoms with Crippen molar-refractivity contribution < 1.29 is 19.1 Å². The molecule has 25 heavy (non-hydrogen) atoms. The van der Waals surface area contributed by atoms with Gasteiger partial charge in [-0.1, -0.05) is 0 Å². The first kappa shape index (κ1) is 16.8. The van der Waals surface area contributed by atoms with Gasteiger partial charge in [-0.2, -0.15) is 0 Å². The topological polar surface area (TPSA) is 67.9 Å². The maximum absolute atomic E-state index is 12.6. The molecular formula is C19H20N2O4. The molecule has 0 spiro atoms. The maximum atomic E-state index is 12.6. The van der Waals surface area contributed by atoms with Crippen LogP contribution in [0, 0.1) is 0 Å². The molecule has 6 nitrogen and oxygen atoms in total. The maximum Gasteiger partial charge on any atom is 0.259 e. The summed E-state index contributed by atoms with van der Waals surface area (Å²) in [6.07, 6.45) is 0.360. The van der Waals surface area contributed by atoms with Crippen LogP contribution < -0.4 is 19.7 Å². The summed E-state index contributed by atoms with van der Waals surface area (Å²) in [6, 6.07) is 10.5. The normalized spacial score (nSPS) is 12.8. The molecule has 3 rings (SSSR count). The second-order valence-corrected chi connectivity index (χ2v) is 5.68. The zero-order valence-electron chi connectivity index (χ0n) is 14.5. The van der Waals surface area contributed by atoms with Crippen molar-refractivity contribution in [2.45, 2.75) is 13.3 Å². The van der Waals surface area contributed by atoms with E-state index >= 15 is 0 Å². The molecule has 2 amide bonds. The number of benzene rings is 2. The van der Waals surface area contributed by atoms with E-state index in [1.54, 1.807) is 36.3 Å². The number of hydrogen-bond acceptors (Lipinski definition) is 4. The van der Waals surface area contributed by atoms with Crippen LogP contribution >= 0.6 is 0 Å². The van der Waals surface area contributed by atoms with E-state index in [1.807, 2.05) is 19.1 Å². The number of rotatable bonds is 5. The van der Waals surface area contributed by atoms with Gasteiger partial charge >= 0.3 is 0 Å². The molecular weight excluding hydrogens is 320 g/mol. The lowest BCUT2D eigenvalue weighted by atomic mass is 10.1. The Balaban J connectivity index is 1.83. The van der Waals surface area contributed by atoms with Crippen LogP contribution in [-0.2, 0) is 11.2 Å². The Morgan fingerprint density at radius 3 is 2.64 bits per heavy atom. The Morgan fingerprint density at radius 2 is 1.96 bits per heavy atom. The fraction of sp³-hybridized carbons (Fsp3) is 0.263. The van der Waals surface area contributed by atoms with Crippen molar-refractivity contribution in [1.29, 1.82) is 0 Å². The molecule has 1 aliphatic rings. The van der Waals surface area contributed by atoms with E-state index in [1.165, 1.54) is 7.11 Å². The quantitative estimate of drug-likeness (QED) is 0.909. The van der Waals surface area contributed by atoms with E-state index in [2.05, 4.69) is 5.32 Å². The highest BCUT2D eigenvalue weighted by Crippen LogP contribution is 2.31. The van der Waals surface area contributed by atoms with Gasteiger partial charge in [-0.05, 0) is 42.8 Å². The lowest BCUT2D eigenvalue weighted by Gasteiger charge is -2.15. The Labute approximate surface area is 146 Å². The molecule has 1 heterocycles. The smallest absolute Gasteiger partial charge is 0.259 e. The van der Waals surface area contributed by atoms with Gasteiger partial charge in [0.15, 0.2) is 0 Å². The highest BCUT2D eigenvalue weighted by molar-refractivity contribution is 6.07. The van der Waals surface area contributed by atoms with E-state index in [0.29, 0.717) is 35.7 Å². The molecule has 0 radical (unpaired) electrons. The third-order valence-corrected chi connectivity index (χ3v) is 4.24. The molecule has 0 saturated carbocycles. The van der Waals surface area contributed by atoms with Crippen LogP contribution in [0.15, 0.2) is 36.4 Å². The number of fused-ring (bicyclic) bond motifs is 1. The van der Waals surface area contributed by atoms with Crippen LogP contribution in [0.4, 0.5) is 11.4 Å². The molecule has 0 atom stereocenters. The summed E-state index contributed by atoms with van der Waals surface area (Å²) in [5.41, 5.74) is 2.89. The molecule has 130 valence electrons. The highest BCUT2D eigenvalue weighted by Gasteiger charge is 2.26. The van der Waals surface area contributed by atoms with Crippen molar-refractivity contribution in [3.8, 4) is 11.5 Å². The van der Waals surface area contributed by atoms with Crippen molar-refractivity contribution in [3.05, 3.63) is 47.5 Å². The standard InChI is InChI=1S/C19H20N2O4/c1-4-21-16-8-5-13(9-12(16)10-18(21)22)20-19(23)15-7-6-14(24-2)11-17(15)25-3/h5-9,11H,4,10H2,1-3H3,(H,20,23). The fourth-order valence-electron chi connectivity index (χ4n) is 2.99. The molecule has 0 bridgehead atoms. The molecule has 0 aliphatic carbocycles. The number of amides is 2. The summed E-state index contributed by atoms with van der Waals surface area (Å²) in [6.45, 7) is 2.58. The number of nitrogens with zero attached hydrogens (tertiary/aromatic N) is 1. The SMILES string of the molecule is CCN1C(=O)Cc2cc(NC(=O)c3ccc(OC)cc3OC)ccc21. The Kier molecular flexibility index (Phi) is 4.61. The van der Waals surface area contributed by atoms with E-state index in [-0.39, 0.29) is 11.8 Å². The summed E-state index contributed by atoms with van der Waals surface area (Å²) < 4.78 is 10.4. The number of methoxy groups -OCH3 is 2. The van der Waals surface area contributed by atoms with Gasteiger partial charge in [-0.15, -0.1) is 0 Å². The Morgan fingerprint density at radius 1 is 1.16 bits per heavy atom. The molecule has 1 aliphatic heterocycles. The van der Waals surface area contributed by atoms with Gasteiger partial charge in [0, 0.05) is 24.0 Å². The number of nitrogens with one attached hydrogen (secondary N) is 1. The number of anilines is 2. The first-order chi connectivity index (χ1) is 12.1. The van der Waals surface area contributed by atoms with Crippen LogP contribution in [-0.4, -0.2) is 32.6 Å². The Bertz CT molecular complexity index is 832. The van der Waals surface area contributed by atoms with Crippen molar-refractivity contribution in [2.75, 3.05) is 31.0 Å². The first-order valence-electron chi connectivity index (χ1n) is 8.04. The minimum atomic E-state index is -0.281. The third kappa shape index (κ3) is 3.15. The van der Waals surface area contributed by atoms with Crippen molar-refractivity contribution >= 4 is 23.2 Å². The van der Waals surface area contributed by atoms with Gasteiger partial charge in [-0.25, -0.2) is 0 Å². The molecule has 0 aromatic heterocycles. The largest absolute Gasteiger partial charge is 0.497 e. The van der Waals surface area contributed by atoms with E-state index in [9.17, 15) is 9.59 Å². The molecule has 2 aromatic carbocycles. The van der Waals surface area contributed by atoms with Crippen LogP contribution in [0.5, 0.6) is 11.5 Å². The average molecular weight is 340 g/mol. The minimum absolute atomic E-state index is 0.0813. The molecule has 0 fully saturated rings. The van der Waals surface area contributed by atoms with Crippen molar-refractivity contribution in [1.82, 2.24) is 0 Å². The van der Waals surface area contributed by atoms with Crippen molar-refractivity contribution in [3.63, 3.8) is 0 Å². The van der Waals surface area contributed by atoms with E-state index in [4.69, 9.17) is 9.47 Å². The van der Waals surface area contributed by atoms with Gasteiger partial charge in [0.2, 0.25) is 5.91 Å². The fourth-order valence-corrected chi connectivity index (χ4v) is 2.99. The van der Waals surface area contributed by atoms with Crippen LogP contribution in [0.1, 0.15) is 22.8 Å². The van der Waals surface area contributed by atoms with Gasteiger partial charge in [0.1, 0.15) is 11.5 Å². The summed E-state index contributed by atoms with van der Waals surface area (Å²) in [5.74, 6) is 0.850. The third-order valence-electron chi connectivity index (χ3n) is 4.24. The zero-order chi connectivity index (χ0) is 18.0. The molecule has 2 aromatic rings. The predicted octanol–water partition coefficient (Wildman–Crippen LogP) is 2.87. The summed E-state index contributed by atoms with van der Waals surface area (Å²) >= 11 is 0. The number of ether oxygens (including phenoxy) is 2. The second kappa shape index (κ2) is 6.84. The van der Waals surface area contributed by atoms with Gasteiger partial charge in [-0.3, -0.25) is 9.59 Å². The van der Waals surface area contributed by atoms with E-state index < -0.39 is 0 Å². The highest BCUT2D eigenvalue weighted by atomic mass is 16.5. The summed E-state index contributed by atoms with van der Waals surface area (Å²) in [4.78, 5) is 26.3. The van der Waals surface area contributed by atoms with Gasteiger partial charge in [0.05, 0.1) is 26.2 Å². The monoisotopic (exact) mass is 340 g/mol. The number of carbonyl (C=O) groups is 2. The number of hydrogen-bond donors (Lipinski definition) is 1. The summed E-state index contributed by atoms with van der Waals surface area (Å²) in [5, 5.41) is 2.86. The van der Waals surface area contributed by atoms with Crippen LogP contribution in [0.2, 0.25) is 0 Å². The van der Waals surface area contributed by atoms with Gasteiger partial charge in [0.25, 0.3) is 5.91 Å². The first-order valence-corrected chi connectivity index (χ1v) is 8.04. The van der Waals surface area contributed by atoms with Crippen LogP contribution in [0.25, 0.3) is 0 Å². The molecule has 6 heteroatoms. The summed E-state index contributed by atoms with van der Waals surface area (Å²) in [7, 11) is 3.06.